The number of rotatable bonds is 9. The molecule has 0 fully saturated rings. The minimum absolute atomic E-state index is 0.174. The minimum atomic E-state index is -0.981. The first-order valence-corrected chi connectivity index (χ1v) is 8.44. The third-order valence-electron chi connectivity index (χ3n) is 3.79. The van der Waals surface area contributed by atoms with Crippen LogP contribution in [-0.4, -0.2) is 23.6 Å². The van der Waals surface area contributed by atoms with Crippen molar-refractivity contribution in [1.29, 1.82) is 0 Å². The highest BCUT2D eigenvalue weighted by Crippen LogP contribution is 2.24. The van der Waals surface area contributed by atoms with E-state index < -0.39 is 5.97 Å². The average molecular weight is 341 g/mol. The fraction of sp³-hybridized carbons (Fsp3) is 0.300. The molecule has 0 aliphatic carbocycles. The second-order valence-corrected chi connectivity index (χ2v) is 5.71. The molecular weight excluding hydrogens is 318 g/mol. The lowest BCUT2D eigenvalue weighted by Gasteiger charge is -2.12. The highest BCUT2D eigenvalue weighted by atomic mass is 16.5. The van der Waals surface area contributed by atoms with Crippen LogP contribution < -0.4 is 10.1 Å². The van der Waals surface area contributed by atoms with Crippen molar-refractivity contribution in [3.8, 4) is 5.75 Å². The molecule has 0 unspecified atom stereocenters. The van der Waals surface area contributed by atoms with Crippen LogP contribution in [0.25, 0.3) is 0 Å². The number of aryl methyl sites for hydroxylation is 1. The highest BCUT2D eigenvalue weighted by Gasteiger charge is 2.12. The molecule has 5 nitrogen and oxygen atoms in total. The van der Waals surface area contributed by atoms with Gasteiger partial charge in [-0.3, -0.25) is 4.79 Å². The molecule has 132 valence electrons. The Morgan fingerprint density at radius 3 is 2.56 bits per heavy atom. The number of carbonyl (C=O) groups excluding carboxylic acids is 1. The van der Waals surface area contributed by atoms with Gasteiger partial charge in [0.2, 0.25) is 5.91 Å². The minimum Gasteiger partial charge on any atom is -0.491 e. The van der Waals surface area contributed by atoms with Gasteiger partial charge >= 0.3 is 5.97 Å². The molecule has 0 radical (unpaired) electrons. The van der Waals surface area contributed by atoms with E-state index >= 15 is 0 Å². The van der Waals surface area contributed by atoms with Crippen LogP contribution in [-0.2, 0) is 11.2 Å². The number of carbonyl (C=O) groups is 2. The van der Waals surface area contributed by atoms with Crippen LogP contribution in [0.2, 0.25) is 0 Å². The number of benzene rings is 2. The molecule has 0 atom stereocenters. The molecule has 0 aliphatic rings. The first-order chi connectivity index (χ1) is 12.1. The number of anilines is 1. The first kappa shape index (κ1) is 18.5. The van der Waals surface area contributed by atoms with Gasteiger partial charge in [-0.1, -0.05) is 43.7 Å². The van der Waals surface area contributed by atoms with Gasteiger partial charge < -0.3 is 15.2 Å². The molecule has 25 heavy (non-hydrogen) atoms. The normalized spacial score (nSPS) is 10.3. The van der Waals surface area contributed by atoms with Gasteiger partial charge in [0.05, 0.1) is 17.9 Å². The number of para-hydroxylation sites is 2. The van der Waals surface area contributed by atoms with Crippen LogP contribution in [0.3, 0.4) is 0 Å². The number of carboxylic acid groups (broad SMARTS) is 1. The molecular formula is C20H23NO4. The molecule has 5 heteroatoms. The van der Waals surface area contributed by atoms with Gasteiger partial charge in [0.15, 0.2) is 0 Å². The Morgan fingerprint density at radius 1 is 1.08 bits per heavy atom. The summed E-state index contributed by atoms with van der Waals surface area (Å²) in [7, 11) is 0. The predicted molar refractivity (Wildman–Crippen MR) is 97.2 cm³/mol. The molecule has 0 saturated heterocycles. The zero-order valence-corrected chi connectivity index (χ0v) is 14.3. The summed E-state index contributed by atoms with van der Waals surface area (Å²) < 4.78 is 5.70. The molecule has 0 aromatic heterocycles. The Kier molecular flexibility index (Phi) is 7.01. The van der Waals surface area contributed by atoms with Gasteiger partial charge in [-0.15, -0.1) is 0 Å². The van der Waals surface area contributed by atoms with E-state index in [1.165, 1.54) is 0 Å². The molecule has 2 aromatic rings. The summed E-state index contributed by atoms with van der Waals surface area (Å²) in [5, 5.41) is 12.0. The second kappa shape index (κ2) is 9.47. The van der Waals surface area contributed by atoms with Crippen LogP contribution >= 0.6 is 0 Å². The van der Waals surface area contributed by atoms with Crippen molar-refractivity contribution in [3.05, 3.63) is 59.7 Å². The van der Waals surface area contributed by atoms with E-state index in [0.29, 0.717) is 30.0 Å². The van der Waals surface area contributed by atoms with Crippen LogP contribution in [0, 0.1) is 0 Å². The Labute approximate surface area is 147 Å². The van der Waals surface area contributed by atoms with Crippen molar-refractivity contribution in [2.75, 3.05) is 11.9 Å². The number of amides is 1. The Balaban J connectivity index is 1.96. The third-order valence-corrected chi connectivity index (χ3v) is 3.79. The van der Waals surface area contributed by atoms with E-state index in [-0.39, 0.29) is 17.9 Å². The quantitative estimate of drug-likeness (QED) is 0.672. The number of carboxylic acids is 1. The molecule has 2 aromatic carbocycles. The van der Waals surface area contributed by atoms with Crippen molar-refractivity contribution in [2.24, 2.45) is 0 Å². The third kappa shape index (κ3) is 5.64. The van der Waals surface area contributed by atoms with Gasteiger partial charge in [0.1, 0.15) is 5.75 Å². The maximum absolute atomic E-state index is 12.2. The van der Waals surface area contributed by atoms with Crippen molar-refractivity contribution in [3.63, 3.8) is 0 Å². The van der Waals surface area contributed by atoms with E-state index in [4.69, 9.17) is 4.74 Å². The zero-order chi connectivity index (χ0) is 18.1. The van der Waals surface area contributed by atoms with Crippen molar-refractivity contribution in [1.82, 2.24) is 0 Å². The van der Waals surface area contributed by atoms with E-state index in [0.717, 1.165) is 12.8 Å². The van der Waals surface area contributed by atoms with Gasteiger partial charge in [0, 0.05) is 6.42 Å². The predicted octanol–water partition coefficient (Wildman–Crippen LogP) is 4.14. The summed E-state index contributed by atoms with van der Waals surface area (Å²) in [6, 6.07) is 14.1. The van der Waals surface area contributed by atoms with E-state index in [2.05, 4.69) is 12.2 Å². The van der Waals surface area contributed by atoms with Crippen LogP contribution in [0.4, 0.5) is 5.69 Å². The molecule has 0 aliphatic heterocycles. The Bertz CT molecular complexity index is 727. The second-order valence-electron chi connectivity index (χ2n) is 5.71. The van der Waals surface area contributed by atoms with Gasteiger partial charge in [-0.2, -0.15) is 0 Å². The SMILES string of the molecule is CCCCOc1ccccc1NC(=O)CCc1ccccc1C(=O)O. The molecule has 1 amide bonds. The molecule has 0 heterocycles. The number of hydrogen-bond acceptors (Lipinski definition) is 3. The lowest BCUT2D eigenvalue weighted by Crippen LogP contribution is -2.14. The monoisotopic (exact) mass is 341 g/mol. The average Bonchev–Trinajstić information content (AvgIpc) is 2.62. The summed E-state index contributed by atoms with van der Waals surface area (Å²) >= 11 is 0. The summed E-state index contributed by atoms with van der Waals surface area (Å²) in [6.45, 7) is 2.70. The van der Waals surface area contributed by atoms with Crippen LogP contribution in [0.1, 0.15) is 42.1 Å². The number of ether oxygens (including phenoxy) is 1. The number of nitrogens with one attached hydrogen (secondary N) is 1. The van der Waals surface area contributed by atoms with Gasteiger partial charge in [-0.25, -0.2) is 4.79 Å². The van der Waals surface area contributed by atoms with Gasteiger partial charge in [-0.05, 0) is 36.6 Å². The van der Waals surface area contributed by atoms with Crippen LogP contribution in [0.15, 0.2) is 48.5 Å². The smallest absolute Gasteiger partial charge is 0.335 e. The molecule has 0 spiro atoms. The summed E-state index contributed by atoms with van der Waals surface area (Å²) in [4.78, 5) is 23.4. The standard InChI is InChI=1S/C20H23NO4/c1-2-3-14-25-18-11-7-6-10-17(18)21-19(22)13-12-15-8-4-5-9-16(15)20(23)24/h4-11H,2-3,12-14H2,1H3,(H,21,22)(H,23,24). The number of unbranched alkanes of at least 4 members (excludes halogenated alkanes) is 1. The summed E-state index contributed by atoms with van der Waals surface area (Å²) in [5.74, 6) is -0.507. The molecule has 2 rings (SSSR count). The maximum Gasteiger partial charge on any atom is 0.335 e. The fourth-order valence-corrected chi connectivity index (χ4v) is 2.43. The highest BCUT2D eigenvalue weighted by molar-refractivity contribution is 5.93. The van der Waals surface area contributed by atoms with Crippen LogP contribution in [0.5, 0.6) is 5.75 Å². The fourth-order valence-electron chi connectivity index (χ4n) is 2.43. The zero-order valence-electron chi connectivity index (χ0n) is 14.3. The largest absolute Gasteiger partial charge is 0.491 e. The summed E-state index contributed by atoms with van der Waals surface area (Å²) in [5.41, 5.74) is 1.52. The summed E-state index contributed by atoms with van der Waals surface area (Å²) in [6.07, 6.45) is 2.56. The van der Waals surface area contributed by atoms with Crippen molar-refractivity contribution >= 4 is 17.6 Å². The number of hydrogen-bond donors (Lipinski definition) is 2. The first-order valence-electron chi connectivity index (χ1n) is 8.44. The Hall–Kier alpha value is -2.82. The van der Waals surface area contributed by atoms with Gasteiger partial charge in [0.25, 0.3) is 0 Å². The van der Waals surface area contributed by atoms with Crippen molar-refractivity contribution in [2.45, 2.75) is 32.6 Å². The molecule has 2 N–H and O–H groups in total. The lowest BCUT2D eigenvalue weighted by molar-refractivity contribution is -0.116. The van der Waals surface area contributed by atoms with E-state index in [1.54, 1.807) is 30.3 Å². The van der Waals surface area contributed by atoms with E-state index in [1.807, 2.05) is 18.2 Å². The van der Waals surface area contributed by atoms with E-state index in [9.17, 15) is 14.7 Å². The Morgan fingerprint density at radius 2 is 1.80 bits per heavy atom. The molecule has 0 saturated carbocycles. The topological polar surface area (TPSA) is 75.6 Å². The lowest BCUT2D eigenvalue weighted by atomic mass is 10.0. The van der Waals surface area contributed by atoms with Crippen molar-refractivity contribution < 1.29 is 19.4 Å². The maximum atomic E-state index is 12.2. The molecule has 0 bridgehead atoms. The number of aromatic carboxylic acids is 1.